The van der Waals surface area contributed by atoms with Crippen LogP contribution in [0, 0.1) is 0 Å². The van der Waals surface area contributed by atoms with Gasteiger partial charge in [0.05, 0.1) is 37.6 Å². The quantitative estimate of drug-likeness (QED) is 0.469. The summed E-state index contributed by atoms with van der Waals surface area (Å²) in [6.45, 7) is 8.19. The molecule has 1 N–H and O–H groups in total. The largest absolute Gasteiger partial charge is 0.462 e. The summed E-state index contributed by atoms with van der Waals surface area (Å²) in [6, 6.07) is 13.1. The van der Waals surface area contributed by atoms with E-state index in [1.807, 2.05) is 30.3 Å². The number of anilines is 1. The van der Waals surface area contributed by atoms with E-state index in [1.54, 1.807) is 25.3 Å². The summed E-state index contributed by atoms with van der Waals surface area (Å²) in [5.41, 5.74) is 2.32. The minimum Gasteiger partial charge on any atom is -0.462 e. The van der Waals surface area contributed by atoms with Crippen molar-refractivity contribution in [3.63, 3.8) is 0 Å². The summed E-state index contributed by atoms with van der Waals surface area (Å²) in [6.07, 6.45) is 2.79. The van der Waals surface area contributed by atoms with Gasteiger partial charge in [-0.2, -0.15) is 0 Å². The van der Waals surface area contributed by atoms with E-state index in [1.165, 1.54) is 0 Å². The molecule has 31 heavy (non-hydrogen) atoms. The number of pyridine rings is 1. The maximum Gasteiger partial charge on any atom is 0.338 e. The zero-order chi connectivity index (χ0) is 21.9. The van der Waals surface area contributed by atoms with Crippen molar-refractivity contribution >= 4 is 29.0 Å². The van der Waals surface area contributed by atoms with Gasteiger partial charge in [-0.3, -0.25) is 9.88 Å². The lowest BCUT2D eigenvalue weighted by Crippen LogP contribution is -2.40. The third-order valence-electron chi connectivity index (χ3n) is 5.02. The predicted octanol–water partition coefficient (Wildman–Crippen LogP) is 3.18. The molecule has 3 rings (SSSR count). The van der Waals surface area contributed by atoms with Gasteiger partial charge in [0, 0.05) is 38.1 Å². The van der Waals surface area contributed by atoms with E-state index in [0.29, 0.717) is 23.8 Å². The molecule has 2 heterocycles. The van der Waals surface area contributed by atoms with Gasteiger partial charge in [-0.1, -0.05) is 6.07 Å². The lowest BCUT2D eigenvalue weighted by molar-refractivity contribution is 0.0367. The number of benzene rings is 1. The number of carbonyl (C=O) groups is 1. The van der Waals surface area contributed by atoms with Crippen LogP contribution in [0.25, 0.3) is 0 Å². The monoisotopic (exact) mass is 442 g/mol. The van der Waals surface area contributed by atoms with Crippen LogP contribution in [0.4, 0.5) is 5.69 Å². The summed E-state index contributed by atoms with van der Waals surface area (Å²) in [5, 5.41) is 3.93. The molecule has 166 valence electrons. The van der Waals surface area contributed by atoms with Crippen molar-refractivity contribution in [3.8, 4) is 0 Å². The van der Waals surface area contributed by atoms with E-state index in [2.05, 4.69) is 20.1 Å². The number of rotatable bonds is 9. The molecule has 0 radical (unpaired) electrons. The number of aromatic nitrogens is 1. The van der Waals surface area contributed by atoms with Crippen LogP contribution in [0.1, 0.15) is 29.4 Å². The Morgan fingerprint density at radius 3 is 2.68 bits per heavy atom. The van der Waals surface area contributed by atoms with Crippen LogP contribution >= 0.6 is 12.2 Å². The number of morpholine rings is 1. The molecule has 1 aromatic carbocycles. The third kappa shape index (κ3) is 7.57. The van der Waals surface area contributed by atoms with Gasteiger partial charge in [0.2, 0.25) is 0 Å². The lowest BCUT2D eigenvalue weighted by atomic mass is 10.2. The number of esters is 1. The molecule has 0 unspecified atom stereocenters. The fourth-order valence-corrected chi connectivity index (χ4v) is 3.63. The summed E-state index contributed by atoms with van der Waals surface area (Å²) < 4.78 is 10.5. The molecule has 0 aliphatic carbocycles. The molecule has 7 nitrogen and oxygen atoms in total. The Hall–Kier alpha value is -2.55. The molecule has 0 spiro atoms. The normalized spacial score (nSPS) is 14.1. The van der Waals surface area contributed by atoms with E-state index >= 15 is 0 Å². The maximum atomic E-state index is 11.8. The molecule has 1 aliphatic rings. The van der Waals surface area contributed by atoms with Gasteiger partial charge in [0.15, 0.2) is 5.11 Å². The molecular formula is C23H30N4O3S. The minimum atomic E-state index is -0.323. The van der Waals surface area contributed by atoms with Gasteiger partial charge in [0.1, 0.15) is 0 Å². The van der Waals surface area contributed by atoms with Crippen molar-refractivity contribution in [2.75, 3.05) is 51.3 Å². The van der Waals surface area contributed by atoms with Crippen LogP contribution in [-0.2, 0) is 16.0 Å². The molecule has 1 aliphatic heterocycles. The van der Waals surface area contributed by atoms with Gasteiger partial charge < -0.3 is 19.7 Å². The van der Waals surface area contributed by atoms with Gasteiger partial charge in [-0.05, 0) is 62.0 Å². The maximum absolute atomic E-state index is 11.8. The number of carbonyl (C=O) groups excluding carboxylic acids is 1. The number of nitrogens with zero attached hydrogens (tertiary/aromatic N) is 3. The Balaban J connectivity index is 1.59. The summed E-state index contributed by atoms with van der Waals surface area (Å²) in [7, 11) is 0. The standard InChI is InChI=1S/C23H30N4O3S/c1-2-30-22(28)19-7-9-20(10-8-19)25-23(31)27(18-21-6-3-4-11-24-21)13-5-12-26-14-16-29-17-15-26/h3-4,6-11H,2,5,12-18H2,1H3,(H,25,31). The highest BCUT2D eigenvalue weighted by atomic mass is 32.1. The van der Waals surface area contributed by atoms with Crippen molar-refractivity contribution in [2.45, 2.75) is 19.9 Å². The fraction of sp³-hybridized carbons (Fsp3) is 0.435. The highest BCUT2D eigenvalue weighted by Gasteiger charge is 2.15. The van der Waals surface area contributed by atoms with E-state index in [-0.39, 0.29) is 5.97 Å². The SMILES string of the molecule is CCOC(=O)c1ccc(NC(=S)N(CCCN2CCOCC2)Cc2ccccn2)cc1. The minimum absolute atomic E-state index is 0.323. The Labute approximate surface area is 189 Å². The second-order valence-electron chi connectivity index (χ2n) is 7.28. The van der Waals surface area contributed by atoms with Gasteiger partial charge in [0.25, 0.3) is 0 Å². The first-order valence-corrected chi connectivity index (χ1v) is 11.1. The Morgan fingerprint density at radius 2 is 2.00 bits per heavy atom. The van der Waals surface area contributed by atoms with Crippen LogP contribution in [0.15, 0.2) is 48.7 Å². The molecule has 1 aromatic heterocycles. The summed E-state index contributed by atoms with van der Waals surface area (Å²) >= 11 is 5.71. The number of ether oxygens (including phenoxy) is 2. The highest BCUT2D eigenvalue weighted by molar-refractivity contribution is 7.80. The molecule has 0 saturated carbocycles. The average molecular weight is 443 g/mol. The molecule has 2 aromatic rings. The molecule has 1 saturated heterocycles. The van der Waals surface area contributed by atoms with Crippen molar-refractivity contribution in [1.29, 1.82) is 0 Å². The Bertz CT molecular complexity index is 826. The Morgan fingerprint density at radius 1 is 1.23 bits per heavy atom. The van der Waals surface area contributed by atoms with Crippen LogP contribution in [0.5, 0.6) is 0 Å². The topological polar surface area (TPSA) is 66.9 Å². The Kier molecular flexibility index (Phi) is 9.20. The third-order valence-corrected chi connectivity index (χ3v) is 5.38. The van der Waals surface area contributed by atoms with Crippen LogP contribution in [-0.4, -0.2) is 71.9 Å². The molecule has 0 bridgehead atoms. The molecule has 8 heteroatoms. The number of thiocarbonyl (C=S) groups is 1. The van der Waals surface area contributed by atoms with Crippen LogP contribution in [0.2, 0.25) is 0 Å². The molecule has 1 fully saturated rings. The van der Waals surface area contributed by atoms with Crippen LogP contribution < -0.4 is 5.32 Å². The van der Waals surface area contributed by atoms with Crippen molar-refractivity contribution in [1.82, 2.24) is 14.8 Å². The first-order valence-electron chi connectivity index (χ1n) is 10.7. The average Bonchev–Trinajstić information content (AvgIpc) is 2.80. The first-order chi connectivity index (χ1) is 15.2. The zero-order valence-electron chi connectivity index (χ0n) is 18.0. The van der Waals surface area contributed by atoms with Crippen molar-refractivity contribution in [2.24, 2.45) is 0 Å². The number of hydrogen-bond acceptors (Lipinski definition) is 6. The second-order valence-corrected chi connectivity index (χ2v) is 7.66. The predicted molar refractivity (Wildman–Crippen MR) is 125 cm³/mol. The van der Waals surface area contributed by atoms with Gasteiger partial charge in [-0.25, -0.2) is 4.79 Å². The molecule has 0 atom stereocenters. The van der Waals surface area contributed by atoms with E-state index in [4.69, 9.17) is 21.7 Å². The van der Waals surface area contributed by atoms with E-state index in [0.717, 1.165) is 57.2 Å². The van der Waals surface area contributed by atoms with Gasteiger partial charge in [-0.15, -0.1) is 0 Å². The molecular weight excluding hydrogens is 412 g/mol. The van der Waals surface area contributed by atoms with Crippen molar-refractivity contribution < 1.29 is 14.3 Å². The first kappa shape index (κ1) is 23.1. The lowest BCUT2D eigenvalue weighted by Gasteiger charge is -2.29. The number of hydrogen-bond donors (Lipinski definition) is 1. The second kappa shape index (κ2) is 12.3. The van der Waals surface area contributed by atoms with E-state index in [9.17, 15) is 4.79 Å². The number of nitrogens with one attached hydrogen (secondary N) is 1. The van der Waals surface area contributed by atoms with Crippen LogP contribution in [0.3, 0.4) is 0 Å². The van der Waals surface area contributed by atoms with Gasteiger partial charge >= 0.3 is 5.97 Å². The summed E-state index contributed by atoms with van der Waals surface area (Å²) in [4.78, 5) is 20.8. The van der Waals surface area contributed by atoms with Crippen molar-refractivity contribution in [3.05, 3.63) is 59.9 Å². The fourth-order valence-electron chi connectivity index (χ4n) is 3.36. The highest BCUT2D eigenvalue weighted by Crippen LogP contribution is 2.13. The van der Waals surface area contributed by atoms with E-state index < -0.39 is 0 Å². The zero-order valence-corrected chi connectivity index (χ0v) is 18.8. The molecule has 0 amide bonds. The summed E-state index contributed by atoms with van der Waals surface area (Å²) in [5.74, 6) is -0.323. The smallest absolute Gasteiger partial charge is 0.338 e.